The molecular weight excluding hydrogens is 603 g/mol. The molecule has 0 saturated heterocycles. The zero-order valence-electron chi connectivity index (χ0n) is 22.3. The molecule has 0 fully saturated rings. The Morgan fingerprint density at radius 3 is 2.40 bits per heavy atom. The third-order valence-corrected chi connectivity index (χ3v) is 6.36. The van der Waals surface area contributed by atoms with Crippen molar-refractivity contribution in [2.75, 3.05) is 12.4 Å². The second-order valence-corrected chi connectivity index (χ2v) is 9.08. The van der Waals surface area contributed by atoms with Gasteiger partial charge in [-0.3, -0.25) is 19.0 Å². The molecule has 1 amide bonds. The lowest BCUT2D eigenvalue weighted by atomic mass is 9.99. The third kappa shape index (κ3) is 6.30. The summed E-state index contributed by atoms with van der Waals surface area (Å²) in [6, 6.07) is 8.32. The van der Waals surface area contributed by atoms with E-state index >= 15 is 4.39 Å². The van der Waals surface area contributed by atoms with Gasteiger partial charge >= 0.3 is 11.9 Å². The molecule has 0 radical (unpaired) electrons. The number of anilines is 1. The minimum atomic E-state index is -4.88. The number of carbonyl (C=O) groups excluding carboxylic acids is 1. The number of nitrogens with one attached hydrogen (secondary N) is 2. The maximum Gasteiger partial charge on any atom is 0.416 e. The van der Waals surface area contributed by atoms with E-state index in [-0.39, 0.29) is 58.4 Å². The monoisotopic (exact) mass is 624 g/mol. The van der Waals surface area contributed by atoms with Crippen molar-refractivity contribution in [3.05, 3.63) is 88.4 Å². The van der Waals surface area contributed by atoms with E-state index in [2.05, 4.69) is 20.5 Å². The van der Waals surface area contributed by atoms with Crippen molar-refractivity contribution < 1.29 is 36.2 Å². The number of methoxy groups -OCH3 is 1. The standard InChI is InChI=1S/C27H21F5N6O4.ClH/c1-37-25-18(17-9-21(41-2)22(10-19(17)29)42-12-23-33-13-34-36-23)7-14(27(30,31)32)8-20(25)38(26(37)40)11-24(39)35-16-5-3-15(28)4-6-16;/h3-10,13H,11-12H2,1-2H3,(H,35,39)(H,33,34,36);1H. The van der Waals surface area contributed by atoms with Gasteiger partial charge in [0.1, 0.15) is 31.1 Å². The fraction of sp³-hybridized carbons (Fsp3) is 0.185. The molecule has 0 unspecified atom stereocenters. The number of fused-ring (bicyclic) bond motifs is 1. The predicted molar refractivity (Wildman–Crippen MR) is 147 cm³/mol. The van der Waals surface area contributed by atoms with Gasteiger partial charge in [-0.2, -0.15) is 18.3 Å². The number of amides is 1. The summed E-state index contributed by atoms with van der Waals surface area (Å²) in [4.78, 5) is 29.8. The van der Waals surface area contributed by atoms with Crippen LogP contribution in [0.15, 0.2) is 59.7 Å². The molecule has 5 rings (SSSR count). The number of H-pyrrole nitrogens is 1. The summed E-state index contributed by atoms with van der Waals surface area (Å²) in [6.45, 7) is -0.797. The van der Waals surface area contributed by atoms with E-state index in [4.69, 9.17) is 9.47 Å². The second kappa shape index (κ2) is 12.1. The number of hydrogen-bond donors (Lipinski definition) is 2. The Bertz CT molecular complexity index is 1840. The van der Waals surface area contributed by atoms with Gasteiger partial charge in [-0.1, -0.05) is 0 Å². The number of halogens is 6. The molecule has 0 aliphatic heterocycles. The number of carbonyl (C=O) groups is 1. The fourth-order valence-electron chi connectivity index (χ4n) is 4.42. The first-order chi connectivity index (χ1) is 20.0. The first kappa shape index (κ1) is 31.0. The molecule has 226 valence electrons. The Morgan fingerprint density at radius 2 is 1.77 bits per heavy atom. The molecule has 3 aromatic carbocycles. The molecular formula is C27H22ClF5N6O4. The zero-order chi connectivity index (χ0) is 30.2. The Morgan fingerprint density at radius 1 is 1.05 bits per heavy atom. The summed E-state index contributed by atoms with van der Waals surface area (Å²) in [5, 5.41) is 8.72. The molecule has 0 saturated carbocycles. The van der Waals surface area contributed by atoms with Gasteiger partial charge in [0.15, 0.2) is 17.3 Å². The highest BCUT2D eigenvalue weighted by molar-refractivity contribution is 5.96. The van der Waals surface area contributed by atoms with Crippen LogP contribution >= 0.6 is 12.4 Å². The van der Waals surface area contributed by atoms with Gasteiger partial charge in [-0.25, -0.2) is 18.6 Å². The Labute approximate surface area is 245 Å². The van der Waals surface area contributed by atoms with Crippen LogP contribution in [-0.2, 0) is 31.2 Å². The van der Waals surface area contributed by atoms with Gasteiger partial charge in [0.05, 0.1) is 23.7 Å². The summed E-state index contributed by atoms with van der Waals surface area (Å²) < 4.78 is 83.6. The number of aryl methyl sites for hydroxylation is 1. The van der Waals surface area contributed by atoms with Crippen molar-refractivity contribution in [2.45, 2.75) is 19.3 Å². The minimum absolute atomic E-state index is 0. The maximum atomic E-state index is 15.6. The van der Waals surface area contributed by atoms with Crippen LogP contribution in [0.2, 0.25) is 0 Å². The number of aromatic nitrogens is 5. The summed E-state index contributed by atoms with van der Waals surface area (Å²) >= 11 is 0. The van der Waals surface area contributed by atoms with E-state index in [1.807, 2.05) is 0 Å². The molecule has 0 atom stereocenters. The second-order valence-electron chi connectivity index (χ2n) is 9.08. The SMILES string of the molecule is COc1cc(-c2cc(C(F)(F)F)cc3c2n(C)c(=O)n3CC(=O)Nc2ccc(F)cc2)c(F)cc1OCc1ncn[nH]1.Cl. The van der Waals surface area contributed by atoms with Crippen molar-refractivity contribution in [3.8, 4) is 22.6 Å². The smallest absolute Gasteiger partial charge is 0.416 e. The lowest BCUT2D eigenvalue weighted by Crippen LogP contribution is -2.28. The third-order valence-electron chi connectivity index (χ3n) is 6.36. The van der Waals surface area contributed by atoms with Crippen molar-refractivity contribution >= 4 is 35.0 Å². The molecule has 43 heavy (non-hydrogen) atoms. The van der Waals surface area contributed by atoms with E-state index in [1.165, 1.54) is 32.6 Å². The number of aromatic amines is 1. The van der Waals surface area contributed by atoms with Crippen LogP contribution in [-0.4, -0.2) is 37.3 Å². The summed E-state index contributed by atoms with van der Waals surface area (Å²) in [7, 11) is 2.56. The number of nitrogens with zero attached hydrogens (tertiary/aromatic N) is 4. The van der Waals surface area contributed by atoms with E-state index in [0.717, 1.165) is 45.5 Å². The normalized spacial score (nSPS) is 11.3. The number of imidazole rings is 1. The van der Waals surface area contributed by atoms with Crippen LogP contribution in [0.1, 0.15) is 11.4 Å². The summed E-state index contributed by atoms with van der Waals surface area (Å²) in [5.74, 6) is -1.97. The number of ether oxygens (including phenoxy) is 2. The van der Waals surface area contributed by atoms with Crippen LogP contribution in [0.5, 0.6) is 11.5 Å². The number of benzene rings is 3. The van der Waals surface area contributed by atoms with Crippen LogP contribution in [0.25, 0.3) is 22.2 Å². The van der Waals surface area contributed by atoms with Crippen molar-refractivity contribution in [3.63, 3.8) is 0 Å². The highest BCUT2D eigenvalue weighted by atomic mass is 35.5. The average molecular weight is 625 g/mol. The van der Waals surface area contributed by atoms with Gasteiger partial charge in [-0.15, -0.1) is 12.4 Å². The van der Waals surface area contributed by atoms with Crippen LogP contribution in [0.4, 0.5) is 27.6 Å². The van der Waals surface area contributed by atoms with E-state index in [9.17, 15) is 27.2 Å². The van der Waals surface area contributed by atoms with Crippen molar-refractivity contribution in [1.29, 1.82) is 0 Å². The average Bonchev–Trinajstić information content (AvgIpc) is 3.55. The van der Waals surface area contributed by atoms with Gasteiger partial charge in [0, 0.05) is 29.9 Å². The first-order valence-corrected chi connectivity index (χ1v) is 12.2. The summed E-state index contributed by atoms with van der Waals surface area (Å²) in [5.41, 5.74) is -2.67. The largest absolute Gasteiger partial charge is 0.493 e. The van der Waals surface area contributed by atoms with E-state index in [0.29, 0.717) is 5.82 Å². The molecule has 16 heteroatoms. The van der Waals surface area contributed by atoms with Crippen LogP contribution in [0.3, 0.4) is 0 Å². The zero-order valence-corrected chi connectivity index (χ0v) is 23.1. The van der Waals surface area contributed by atoms with Gasteiger partial charge in [-0.05, 0) is 42.5 Å². The Kier molecular flexibility index (Phi) is 8.75. The maximum absolute atomic E-state index is 15.6. The van der Waals surface area contributed by atoms with Crippen molar-refractivity contribution in [1.82, 2.24) is 24.3 Å². The Balaban J connectivity index is 0.00000423. The lowest BCUT2D eigenvalue weighted by Gasteiger charge is -2.16. The van der Waals surface area contributed by atoms with Gasteiger partial charge < -0.3 is 14.8 Å². The topological polar surface area (TPSA) is 116 Å². The van der Waals surface area contributed by atoms with Gasteiger partial charge in [0.2, 0.25) is 5.91 Å². The molecule has 0 bridgehead atoms. The minimum Gasteiger partial charge on any atom is -0.493 e. The van der Waals surface area contributed by atoms with Crippen molar-refractivity contribution in [2.24, 2.45) is 7.05 Å². The molecule has 2 heterocycles. The molecule has 2 N–H and O–H groups in total. The predicted octanol–water partition coefficient (Wildman–Crippen LogP) is 5.07. The van der Waals surface area contributed by atoms with E-state index in [1.54, 1.807) is 0 Å². The Hall–Kier alpha value is -4.92. The molecule has 0 aliphatic rings. The molecule has 0 aliphatic carbocycles. The fourth-order valence-corrected chi connectivity index (χ4v) is 4.42. The van der Waals surface area contributed by atoms with Crippen LogP contribution in [0, 0.1) is 11.6 Å². The van der Waals surface area contributed by atoms with Gasteiger partial charge in [0.25, 0.3) is 0 Å². The quantitative estimate of drug-likeness (QED) is 0.233. The molecule has 0 spiro atoms. The van der Waals surface area contributed by atoms with Crippen LogP contribution < -0.4 is 20.5 Å². The number of rotatable bonds is 8. The number of alkyl halides is 3. The highest BCUT2D eigenvalue weighted by Gasteiger charge is 2.33. The molecule has 2 aromatic heterocycles. The van der Waals surface area contributed by atoms with E-state index < -0.39 is 41.5 Å². The molecule has 5 aromatic rings. The number of hydrogen-bond acceptors (Lipinski definition) is 6. The first-order valence-electron chi connectivity index (χ1n) is 12.2. The lowest BCUT2D eigenvalue weighted by molar-refractivity contribution is -0.137. The highest BCUT2D eigenvalue weighted by Crippen LogP contribution is 2.41. The molecule has 10 nitrogen and oxygen atoms in total. The summed E-state index contributed by atoms with van der Waals surface area (Å²) in [6.07, 6.45) is -3.63.